The van der Waals surface area contributed by atoms with Crippen molar-refractivity contribution in [3.05, 3.63) is 63.6 Å². The highest BCUT2D eigenvalue weighted by Gasteiger charge is 2.10. The molecule has 0 heterocycles. The molecule has 0 aromatic heterocycles. The first-order chi connectivity index (χ1) is 10.1. The van der Waals surface area contributed by atoms with E-state index in [9.17, 15) is 4.79 Å². The van der Waals surface area contributed by atoms with Gasteiger partial charge in [0.2, 0.25) is 0 Å². The standard InChI is InChI=1S/C16H15BrO4/c1-20-15-7-6-14(17)8-13(15)10-21-16(19)12-4-2-11(9-18)3-5-12/h2-8,18H,9-10H2,1H3. The fourth-order valence-electron chi connectivity index (χ4n) is 1.83. The van der Waals surface area contributed by atoms with E-state index in [0.717, 1.165) is 15.6 Å². The van der Waals surface area contributed by atoms with Crippen molar-refractivity contribution in [1.29, 1.82) is 0 Å². The topological polar surface area (TPSA) is 55.8 Å². The Morgan fingerprint density at radius 3 is 2.52 bits per heavy atom. The van der Waals surface area contributed by atoms with Gasteiger partial charge >= 0.3 is 5.97 Å². The number of ether oxygens (including phenoxy) is 2. The zero-order chi connectivity index (χ0) is 15.2. The van der Waals surface area contributed by atoms with Gasteiger partial charge < -0.3 is 14.6 Å². The van der Waals surface area contributed by atoms with Gasteiger partial charge in [0.05, 0.1) is 19.3 Å². The number of aliphatic hydroxyl groups is 1. The number of methoxy groups -OCH3 is 1. The maximum Gasteiger partial charge on any atom is 0.338 e. The van der Waals surface area contributed by atoms with Crippen LogP contribution in [0.1, 0.15) is 21.5 Å². The fraction of sp³-hybridized carbons (Fsp3) is 0.188. The summed E-state index contributed by atoms with van der Waals surface area (Å²) in [4.78, 5) is 12.0. The molecule has 0 saturated carbocycles. The third-order valence-electron chi connectivity index (χ3n) is 2.97. The van der Waals surface area contributed by atoms with Gasteiger partial charge in [-0.1, -0.05) is 28.1 Å². The molecular formula is C16H15BrO4. The number of hydrogen-bond acceptors (Lipinski definition) is 4. The lowest BCUT2D eigenvalue weighted by atomic mass is 10.1. The predicted octanol–water partition coefficient (Wildman–Crippen LogP) is 3.31. The molecule has 0 radical (unpaired) electrons. The second-order valence-corrected chi connectivity index (χ2v) is 5.30. The average Bonchev–Trinajstić information content (AvgIpc) is 2.52. The maximum atomic E-state index is 12.0. The zero-order valence-electron chi connectivity index (χ0n) is 11.5. The van der Waals surface area contributed by atoms with Crippen LogP contribution in [0.2, 0.25) is 0 Å². The zero-order valence-corrected chi connectivity index (χ0v) is 13.1. The van der Waals surface area contributed by atoms with E-state index in [-0.39, 0.29) is 13.2 Å². The quantitative estimate of drug-likeness (QED) is 0.840. The molecule has 21 heavy (non-hydrogen) atoms. The van der Waals surface area contributed by atoms with Crippen LogP contribution in [0.3, 0.4) is 0 Å². The Bertz CT molecular complexity index is 623. The van der Waals surface area contributed by atoms with Crippen LogP contribution in [0, 0.1) is 0 Å². The molecule has 0 bridgehead atoms. The van der Waals surface area contributed by atoms with Crippen molar-refractivity contribution in [3.63, 3.8) is 0 Å². The molecule has 0 fully saturated rings. The normalized spacial score (nSPS) is 10.2. The summed E-state index contributed by atoms with van der Waals surface area (Å²) in [5.41, 5.74) is 1.98. The first kappa shape index (κ1) is 15.5. The molecule has 0 amide bonds. The van der Waals surface area contributed by atoms with Crippen LogP contribution in [0.25, 0.3) is 0 Å². The van der Waals surface area contributed by atoms with Crippen molar-refractivity contribution in [2.75, 3.05) is 7.11 Å². The lowest BCUT2D eigenvalue weighted by Crippen LogP contribution is -2.06. The monoisotopic (exact) mass is 350 g/mol. The van der Waals surface area contributed by atoms with Crippen LogP contribution in [0.4, 0.5) is 0 Å². The minimum absolute atomic E-state index is 0.0510. The van der Waals surface area contributed by atoms with Gasteiger partial charge in [0.1, 0.15) is 12.4 Å². The fourth-order valence-corrected chi connectivity index (χ4v) is 2.24. The molecule has 1 N–H and O–H groups in total. The van der Waals surface area contributed by atoms with E-state index in [0.29, 0.717) is 11.3 Å². The van der Waals surface area contributed by atoms with Crippen LogP contribution in [-0.4, -0.2) is 18.2 Å². The van der Waals surface area contributed by atoms with Gasteiger partial charge in [-0.3, -0.25) is 0 Å². The molecule has 0 spiro atoms. The molecule has 2 aromatic rings. The van der Waals surface area contributed by atoms with Gasteiger partial charge in [-0.15, -0.1) is 0 Å². The Morgan fingerprint density at radius 2 is 1.90 bits per heavy atom. The molecule has 0 saturated heterocycles. The van der Waals surface area contributed by atoms with Crippen LogP contribution >= 0.6 is 15.9 Å². The minimum Gasteiger partial charge on any atom is -0.496 e. The number of esters is 1. The van der Waals surface area contributed by atoms with Crippen molar-refractivity contribution >= 4 is 21.9 Å². The van der Waals surface area contributed by atoms with E-state index >= 15 is 0 Å². The summed E-state index contributed by atoms with van der Waals surface area (Å²) in [5, 5.41) is 8.97. The second-order valence-electron chi connectivity index (χ2n) is 4.39. The number of aliphatic hydroxyl groups excluding tert-OH is 1. The Hall–Kier alpha value is -1.85. The van der Waals surface area contributed by atoms with Gasteiger partial charge in [-0.2, -0.15) is 0 Å². The largest absolute Gasteiger partial charge is 0.496 e. The molecule has 4 nitrogen and oxygen atoms in total. The van der Waals surface area contributed by atoms with Crippen molar-refractivity contribution in [2.45, 2.75) is 13.2 Å². The number of rotatable bonds is 5. The van der Waals surface area contributed by atoms with Crippen LogP contribution in [0.15, 0.2) is 46.9 Å². The molecule has 0 aliphatic heterocycles. The average molecular weight is 351 g/mol. The molecule has 110 valence electrons. The smallest absolute Gasteiger partial charge is 0.338 e. The molecule has 0 aliphatic rings. The van der Waals surface area contributed by atoms with Crippen molar-refractivity contribution in [3.8, 4) is 5.75 Å². The van der Waals surface area contributed by atoms with E-state index in [1.807, 2.05) is 18.2 Å². The van der Waals surface area contributed by atoms with E-state index in [4.69, 9.17) is 14.6 Å². The number of hydrogen-bond donors (Lipinski definition) is 1. The second kappa shape index (κ2) is 7.24. The van der Waals surface area contributed by atoms with Crippen LogP contribution < -0.4 is 4.74 Å². The van der Waals surface area contributed by atoms with E-state index < -0.39 is 5.97 Å². The van der Waals surface area contributed by atoms with Crippen LogP contribution in [0.5, 0.6) is 5.75 Å². The Balaban J connectivity index is 2.05. The van der Waals surface area contributed by atoms with Gasteiger partial charge in [0.25, 0.3) is 0 Å². The summed E-state index contributed by atoms with van der Waals surface area (Å²) in [6, 6.07) is 12.2. The summed E-state index contributed by atoms with van der Waals surface area (Å²) in [6.07, 6.45) is 0. The number of benzene rings is 2. The number of carbonyl (C=O) groups is 1. The van der Waals surface area contributed by atoms with Crippen molar-refractivity contribution < 1.29 is 19.4 Å². The van der Waals surface area contributed by atoms with E-state index in [2.05, 4.69) is 15.9 Å². The summed E-state index contributed by atoms with van der Waals surface area (Å²) in [6.45, 7) is 0.0771. The third kappa shape index (κ3) is 4.06. The molecule has 0 unspecified atom stereocenters. The Morgan fingerprint density at radius 1 is 1.19 bits per heavy atom. The lowest BCUT2D eigenvalue weighted by molar-refractivity contribution is 0.0470. The summed E-state index contributed by atoms with van der Waals surface area (Å²) < 4.78 is 11.4. The van der Waals surface area contributed by atoms with Gasteiger partial charge in [-0.05, 0) is 35.9 Å². The van der Waals surface area contributed by atoms with E-state index in [1.165, 1.54) is 0 Å². The van der Waals surface area contributed by atoms with Gasteiger partial charge in [0, 0.05) is 10.0 Å². The van der Waals surface area contributed by atoms with Crippen molar-refractivity contribution in [2.24, 2.45) is 0 Å². The molecule has 2 rings (SSSR count). The number of carbonyl (C=O) groups excluding carboxylic acids is 1. The Kier molecular flexibility index (Phi) is 5.36. The van der Waals surface area contributed by atoms with Crippen molar-refractivity contribution in [1.82, 2.24) is 0 Å². The molecular weight excluding hydrogens is 336 g/mol. The molecule has 0 atom stereocenters. The summed E-state index contributed by atoms with van der Waals surface area (Å²) >= 11 is 3.37. The SMILES string of the molecule is COc1ccc(Br)cc1COC(=O)c1ccc(CO)cc1. The highest BCUT2D eigenvalue weighted by atomic mass is 79.9. The lowest BCUT2D eigenvalue weighted by Gasteiger charge is -2.10. The first-order valence-electron chi connectivity index (χ1n) is 6.33. The Labute approximate surface area is 131 Å². The number of halogens is 1. The highest BCUT2D eigenvalue weighted by molar-refractivity contribution is 9.10. The first-order valence-corrected chi connectivity index (χ1v) is 7.12. The predicted molar refractivity (Wildman–Crippen MR) is 82.2 cm³/mol. The van der Waals surface area contributed by atoms with Gasteiger partial charge in [0.15, 0.2) is 0 Å². The third-order valence-corrected chi connectivity index (χ3v) is 3.47. The molecule has 0 aliphatic carbocycles. The molecule has 5 heteroatoms. The van der Waals surface area contributed by atoms with Gasteiger partial charge in [-0.25, -0.2) is 4.79 Å². The minimum atomic E-state index is -0.415. The highest BCUT2D eigenvalue weighted by Crippen LogP contribution is 2.24. The maximum absolute atomic E-state index is 12.0. The summed E-state index contributed by atoms with van der Waals surface area (Å²) in [5.74, 6) is 0.253. The van der Waals surface area contributed by atoms with Crippen LogP contribution in [-0.2, 0) is 18.0 Å². The molecule has 2 aromatic carbocycles. The summed E-state index contributed by atoms with van der Waals surface area (Å²) in [7, 11) is 1.57. The van der Waals surface area contributed by atoms with E-state index in [1.54, 1.807) is 31.4 Å².